The van der Waals surface area contributed by atoms with Gasteiger partial charge in [-0.15, -0.1) is 0 Å². The van der Waals surface area contributed by atoms with Crippen LogP contribution < -0.4 is 4.74 Å². The molecule has 0 aliphatic carbocycles. The van der Waals surface area contributed by atoms with Crippen LogP contribution in [0.25, 0.3) is 5.76 Å². The lowest BCUT2D eigenvalue weighted by Gasteiger charge is -2.25. The number of carbonyl (C=O) groups excluding carboxylic acids is 2. The Morgan fingerprint density at radius 2 is 1.91 bits per heavy atom. The van der Waals surface area contributed by atoms with Gasteiger partial charge in [-0.2, -0.15) is 0 Å². The lowest BCUT2D eigenvalue weighted by molar-refractivity contribution is -0.139. The van der Waals surface area contributed by atoms with Crippen LogP contribution >= 0.6 is 11.6 Å². The fraction of sp³-hybridized carbons (Fsp3) is 0.385. The second-order valence-corrected chi connectivity index (χ2v) is 9.03. The van der Waals surface area contributed by atoms with Crippen molar-refractivity contribution in [2.75, 3.05) is 13.7 Å². The van der Waals surface area contributed by atoms with Crippen LogP contribution in [-0.4, -0.2) is 40.5 Å². The number of halogens is 1. The number of unbranched alkanes of at least 4 members (excludes halogenated alkanes) is 1. The third-order valence-electron chi connectivity index (χ3n) is 6.03. The highest BCUT2D eigenvalue weighted by Gasteiger charge is 2.46. The average molecular weight is 472 g/mol. The quantitative estimate of drug-likeness (QED) is 0.307. The van der Waals surface area contributed by atoms with E-state index in [-0.39, 0.29) is 28.0 Å². The molecule has 33 heavy (non-hydrogen) atoms. The molecular weight excluding hydrogens is 442 g/mol. The highest BCUT2D eigenvalue weighted by molar-refractivity contribution is 6.46. The van der Waals surface area contributed by atoms with E-state index in [0.29, 0.717) is 29.8 Å². The molecule has 1 amide bonds. The van der Waals surface area contributed by atoms with Crippen LogP contribution in [0.15, 0.2) is 35.9 Å². The summed E-state index contributed by atoms with van der Waals surface area (Å²) in [6, 6.07) is 7.40. The molecule has 0 spiro atoms. The summed E-state index contributed by atoms with van der Waals surface area (Å²) in [5.74, 6) is -0.911. The number of likely N-dealkylation sites (tertiary alicyclic amines) is 1. The third kappa shape index (κ3) is 4.58. The van der Waals surface area contributed by atoms with Crippen molar-refractivity contribution in [3.05, 3.63) is 63.2 Å². The molecule has 7 heteroatoms. The zero-order chi connectivity index (χ0) is 24.4. The van der Waals surface area contributed by atoms with Crippen LogP contribution in [0, 0.1) is 6.92 Å². The summed E-state index contributed by atoms with van der Waals surface area (Å²) in [6.45, 7) is 8.20. The highest BCUT2D eigenvalue weighted by atomic mass is 35.5. The Bertz CT molecular complexity index is 1120. The highest BCUT2D eigenvalue weighted by Crippen LogP contribution is 2.42. The lowest BCUT2D eigenvalue weighted by atomic mass is 9.91. The van der Waals surface area contributed by atoms with E-state index in [0.717, 1.165) is 17.5 Å². The molecule has 1 heterocycles. The Morgan fingerprint density at radius 1 is 1.21 bits per heavy atom. The molecule has 1 aliphatic heterocycles. The molecule has 176 valence electrons. The van der Waals surface area contributed by atoms with Gasteiger partial charge in [0, 0.05) is 12.1 Å². The molecule has 0 aromatic heterocycles. The number of ketones is 1. The molecule has 0 bridgehead atoms. The number of amides is 1. The van der Waals surface area contributed by atoms with Gasteiger partial charge in [-0.25, -0.2) is 0 Å². The third-order valence-corrected chi connectivity index (χ3v) is 6.34. The van der Waals surface area contributed by atoms with E-state index in [1.807, 2.05) is 39.8 Å². The van der Waals surface area contributed by atoms with E-state index in [1.165, 1.54) is 17.0 Å². The lowest BCUT2D eigenvalue weighted by Crippen LogP contribution is -2.30. The number of phenolic OH excluding ortho intramolecular Hbond substituents is 1. The van der Waals surface area contributed by atoms with Gasteiger partial charge in [0.1, 0.15) is 17.3 Å². The van der Waals surface area contributed by atoms with E-state index in [4.69, 9.17) is 16.3 Å². The van der Waals surface area contributed by atoms with Crippen molar-refractivity contribution in [3.63, 3.8) is 0 Å². The van der Waals surface area contributed by atoms with Crippen molar-refractivity contribution in [2.24, 2.45) is 0 Å². The maximum Gasteiger partial charge on any atom is 0.295 e. The van der Waals surface area contributed by atoms with Gasteiger partial charge in [-0.05, 0) is 60.2 Å². The molecular formula is C26H30ClNO5. The van der Waals surface area contributed by atoms with Gasteiger partial charge in [-0.1, -0.05) is 44.9 Å². The second-order valence-electron chi connectivity index (χ2n) is 8.62. The number of aliphatic hydroxyl groups excluding tert-OH is 1. The fourth-order valence-electron chi connectivity index (χ4n) is 4.21. The molecule has 6 nitrogen and oxygen atoms in total. The molecule has 1 saturated heterocycles. The summed E-state index contributed by atoms with van der Waals surface area (Å²) < 4.78 is 5.50. The first-order valence-electron chi connectivity index (χ1n) is 11.1. The standard InChI is InChI=1S/C26H30ClNO5/c1-6-7-10-28-23(16-8-9-20(29)19(27)12-16)22(25(31)26(28)32)24(30)18-13-17(14(2)3)21(33-5)11-15(18)4/h8-9,11-14,23,29-30H,6-7,10H2,1-5H3/b24-22+. The Kier molecular flexibility index (Phi) is 7.38. The number of phenols is 1. The van der Waals surface area contributed by atoms with Crippen molar-refractivity contribution in [3.8, 4) is 11.5 Å². The molecule has 2 aromatic carbocycles. The summed E-state index contributed by atoms with van der Waals surface area (Å²) in [6.07, 6.45) is 1.54. The van der Waals surface area contributed by atoms with Gasteiger partial charge in [0.15, 0.2) is 0 Å². The van der Waals surface area contributed by atoms with Crippen molar-refractivity contribution in [1.82, 2.24) is 4.90 Å². The van der Waals surface area contributed by atoms with Crippen LogP contribution in [0.2, 0.25) is 5.02 Å². The fourth-order valence-corrected chi connectivity index (χ4v) is 4.39. The molecule has 0 saturated carbocycles. The number of aliphatic hydroxyl groups is 1. The molecule has 2 aromatic rings. The van der Waals surface area contributed by atoms with E-state index in [9.17, 15) is 19.8 Å². The molecule has 2 N–H and O–H groups in total. The normalized spacial score (nSPS) is 17.8. The number of nitrogens with zero attached hydrogens (tertiary/aromatic N) is 1. The first kappa shape index (κ1) is 24.6. The summed E-state index contributed by atoms with van der Waals surface area (Å²) in [4.78, 5) is 27.6. The van der Waals surface area contributed by atoms with E-state index >= 15 is 0 Å². The number of hydrogen-bond acceptors (Lipinski definition) is 5. The van der Waals surface area contributed by atoms with Gasteiger partial charge in [0.2, 0.25) is 0 Å². The SMILES string of the molecule is CCCCN1C(=O)C(=O)/C(=C(/O)c2cc(C(C)C)c(OC)cc2C)C1c1ccc(O)c(Cl)c1. The van der Waals surface area contributed by atoms with Gasteiger partial charge >= 0.3 is 0 Å². The number of benzene rings is 2. The minimum atomic E-state index is -0.807. The first-order valence-corrected chi connectivity index (χ1v) is 11.5. The monoisotopic (exact) mass is 471 g/mol. The first-order chi connectivity index (χ1) is 15.6. The molecule has 1 atom stereocenters. The van der Waals surface area contributed by atoms with Crippen LogP contribution in [0.1, 0.15) is 67.8 Å². The van der Waals surface area contributed by atoms with Crippen molar-refractivity contribution < 1.29 is 24.5 Å². The average Bonchev–Trinajstić information content (AvgIpc) is 3.03. The van der Waals surface area contributed by atoms with Crippen LogP contribution in [0.4, 0.5) is 0 Å². The summed E-state index contributed by atoms with van der Waals surface area (Å²) >= 11 is 6.14. The second kappa shape index (κ2) is 9.87. The topological polar surface area (TPSA) is 87.1 Å². The van der Waals surface area contributed by atoms with Gasteiger partial charge in [0.05, 0.1) is 23.7 Å². The maximum atomic E-state index is 13.2. The summed E-state index contributed by atoms with van der Waals surface area (Å²) in [5, 5.41) is 21.4. The number of carbonyl (C=O) groups is 2. The van der Waals surface area contributed by atoms with Crippen molar-refractivity contribution >= 4 is 29.1 Å². The number of rotatable bonds is 7. The molecule has 3 rings (SSSR count). The molecule has 1 unspecified atom stereocenters. The Morgan fingerprint density at radius 3 is 2.48 bits per heavy atom. The number of aromatic hydroxyl groups is 1. The maximum absolute atomic E-state index is 13.2. The predicted molar refractivity (Wildman–Crippen MR) is 129 cm³/mol. The van der Waals surface area contributed by atoms with Crippen molar-refractivity contribution in [1.29, 1.82) is 0 Å². The minimum Gasteiger partial charge on any atom is -0.507 e. The largest absolute Gasteiger partial charge is 0.507 e. The van der Waals surface area contributed by atoms with Crippen molar-refractivity contribution in [2.45, 2.75) is 52.5 Å². The van der Waals surface area contributed by atoms with E-state index in [2.05, 4.69) is 0 Å². The number of hydrogen-bond donors (Lipinski definition) is 2. The zero-order valence-corrected chi connectivity index (χ0v) is 20.4. The molecule has 1 aliphatic rings. The van der Waals surface area contributed by atoms with Crippen LogP contribution in [-0.2, 0) is 9.59 Å². The molecule has 1 fully saturated rings. The van der Waals surface area contributed by atoms with E-state index in [1.54, 1.807) is 13.2 Å². The Balaban J connectivity index is 2.26. The predicted octanol–water partition coefficient (Wildman–Crippen LogP) is 5.71. The number of Topliss-reactive ketones (excluding diaryl/α,β-unsaturated/α-hetero) is 1. The van der Waals surface area contributed by atoms with Crippen LogP contribution in [0.3, 0.4) is 0 Å². The Labute approximate surface area is 199 Å². The number of methoxy groups -OCH3 is 1. The summed E-state index contributed by atoms with van der Waals surface area (Å²) in [7, 11) is 1.59. The summed E-state index contributed by atoms with van der Waals surface area (Å²) in [5.41, 5.74) is 2.64. The number of ether oxygens (including phenoxy) is 1. The Hall–Kier alpha value is -2.99. The smallest absolute Gasteiger partial charge is 0.295 e. The number of aryl methyl sites for hydroxylation is 1. The van der Waals surface area contributed by atoms with Crippen LogP contribution in [0.5, 0.6) is 11.5 Å². The van der Waals surface area contributed by atoms with Gasteiger partial charge in [0.25, 0.3) is 11.7 Å². The zero-order valence-electron chi connectivity index (χ0n) is 19.6. The van der Waals surface area contributed by atoms with E-state index < -0.39 is 17.7 Å². The molecule has 0 radical (unpaired) electrons. The van der Waals surface area contributed by atoms with Gasteiger partial charge in [-0.3, -0.25) is 9.59 Å². The minimum absolute atomic E-state index is 0.0147. The van der Waals surface area contributed by atoms with Gasteiger partial charge < -0.3 is 19.8 Å².